The number of hydrogen-bond acceptors (Lipinski definition) is 5. The lowest BCUT2D eigenvalue weighted by Crippen LogP contribution is -2.31. The summed E-state index contributed by atoms with van der Waals surface area (Å²) < 4.78 is 27.6. The summed E-state index contributed by atoms with van der Waals surface area (Å²) >= 11 is 0. The Hall–Kier alpha value is -2.71. The SMILES string of the molecule is CCCCc1ccc(C(=O)OCC(=O)NC(C)c2ccc(S(N)(=O)=O)cc2)cc1. The molecule has 0 aromatic heterocycles. The Morgan fingerprint density at radius 3 is 2.24 bits per heavy atom. The van der Waals surface area contributed by atoms with Gasteiger partial charge in [0.05, 0.1) is 16.5 Å². The maximum absolute atomic E-state index is 12.1. The molecule has 29 heavy (non-hydrogen) atoms. The molecule has 0 heterocycles. The fourth-order valence-corrected chi connectivity index (χ4v) is 3.23. The van der Waals surface area contributed by atoms with Crippen LogP contribution in [0.5, 0.6) is 0 Å². The number of sulfonamides is 1. The summed E-state index contributed by atoms with van der Waals surface area (Å²) in [5.74, 6) is -1.02. The molecule has 7 nitrogen and oxygen atoms in total. The van der Waals surface area contributed by atoms with Crippen molar-refractivity contribution in [3.8, 4) is 0 Å². The number of carbonyl (C=O) groups excluding carboxylic acids is 2. The molecule has 0 aliphatic heterocycles. The summed E-state index contributed by atoms with van der Waals surface area (Å²) in [4.78, 5) is 24.1. The van der Waals surface area contributed by atoms with Gasteiger partial charge in [-0.05, 0) is 55.2 Å². The Balaban J connectivity index is 1.84. The number of nitrogens with one attached hydrogen (secondary N) is 1. The fourth-order valence-electron chi connectivity index (χ4n) is 2.72. The molecule has 2 aromatic rings. The van der Waals surface area contributed by atoms with Crippen molar-refractivity contribution in [3.63, 3.8) is 0 Å². The summed E-state index contributed by atoms with van der Waals surface area (Å²) in [5, 5.41) is 7.76. The number of hydrogen-bond donors (Lipinski definition) is 2. The molecule has 1 unspecified atom stereocenters. The van der Waals surface area contributed by atoms with Crippen molar-refractivity contribution >= 4 is 21.9 Å². The molecule has 0 fully saturated rings. The fraction of sp³-hybridized carbons (Fsp3) is 0.333. The zero-order valence-corrected chi connectivity index (χ0v) is 17.4. The number of primary sulfonamides is 1. The lowest BCUT2D eigenvalue weighted by atomic mass is 10.1. The summed E-state index contributed by atoms with van der Waals surface area (Å²) in [6.07, 6.45) is 3.16. The van der Waals surface area contributed by atoms with E-state index in [0.717, 1.165) is 24.8 Å². The van der Waals surface area contributed by atoms with E-state index in [1.807, 2.05) is 12.1 Å². The van der Waals surface area contributed by atoms with Gasteiger partial charge in [0.1, 0.15) is 0 Å². The van der Waals surface area contributed by atoms with E-state index in [0.29, 0.717) is 11.1 Å². The maximum atomic E-state index is 12.1. The van der Waals surface area contributed by atoms with E-state index in [4.69, 9.17) is 9.88 Å². The highest BCUT2D eigenvalue weighted by Gasteiger charge is 2.14. The van der Waals surface area contributed by atoms with Crippen molar-refractivity contribution in [2.75, 3.05) is 6.61 Å². The van der Waals surface area contributed by atoms with Gasteiger partial charge in [-0.15, -0.1) is 0 Å². The minimum absolute atomic E-state index is 0.00517. The molecule has 0 aliphatic rings. The van der Waals surface area contributed by atoms with Crippen molar-refractivity contribution in [3.05, 3.63) is 65.2 Å². The molecule has 156 valence electrons. The van der Waals surface area contributed by atoms with Gasteiger partial charge in [0.15, 0.2) is 6.61 Å². The van der Waals surface area contributed by atoms with Crippen molar-refractivity contribution in [1.82, 2.24) is 5.32 Å². The van der Waals surface area contributed by atoms with Crippen LogP contribution in [0.1, 0.15) is 54.2 Å². The number of rotatable bonds is 9. The minimum Gasteiger partial charge on any atom is -0.452 e. The number of carbonyl (C=O) groups is 2. The molecule has 0 bridgehead atoms. The van der Waals surface area contributed by atoms with Gasteiger partial charge in [0.25, 0.3) is 5.91 Å². The van der Waals surface area contributed by atoms with Crippen LogP contribution in [0.3, 0.4) is 0 Å². The molecule has 0 aliphatic carbocycles. The predicted octanol–water partition coefficient (Wildman–Crippen LogP) is 2.71. The summed E-state index contributed by atoms with van der Waals surface area (Å²) in [6.45, 7) is 3.45. The lowest BCUT2D eigenvalue weighted by molar-refractivity contribution is -0.124. The minimum atomic E-state index is -3.77. The molecule has 0 radical (unpaired) electrons. The van der Waals surface area contributed by atoms with Crippen LogP contribution in [0.15, 0.2) is 53.4 Å². The highest BCUT2D eigenvalue weighted by atomic mass is 32.2. The van der Waals surface area contributed by atoms with Crippen molar-refractivity contribution in [2.24, 2.45) is 5.14 Å². The van der Waals surface area contributed by atoms with Gasteiger partial charge in [-0.2, -0.15) is 0 Å². The average Bonchev–Trinajstić information content (AvgIpc) is 2.70. The summed E-state index contributed by atoms with van der Waals surface area (Å²) in [6, 6.07) is 12.7. The molecule has 2 aromatic carbocycles. The van der Waals surface area contributed by atoms with Crippen LogP contribution in [0.4, 0.5) is 0 Å². The van der Waals surface area contributed by atoms with Gasteiger partial charge in [-0.25, -0.2) is 18.4 Å². The van der Waals surface area contributed by atoms with Crippen LogP contribution >= 0.6 is 0 Å². The normalized spacial score (nSPS) is 12.2. The van der Waals surface area contributed by atoms with Gasteiger partial charge in [0, 0.05) is 0 Å². The smallest absolute Gasteiger partial charge is 0.338 e. The molecule has 3 N–H and O–H groups in total. The Morgan fingerprint density at radius 2 is 1.69 bits per heavy atom. The molecule has 1 atom stereocenters. The van der Waals surface area contributed by atoms with Crippen LogP contribution in [0.2, 0.25) is 0 Å². The van der Waals surface area contributed by atoms with E-state index < -0.39 is 34.5 Å². The molecular formula is C21H26N2O5S. The number of esters is 1. The number of nitrogens with two attached hydrogens (primary N) is 1. The number of unbranched alkanes of at least 4 members (excludes halogenated alkanes) is 1. The second-order valence-electron chi connectivity index (χ2n) is 6.78. The van der Waals surface area contributed by atoms with E-state index >= 15 is 0 Å². The van der Waals surface area contributed by atoms with Crippen LogP contribution in [-0.4, -0.2) is 26.9 Å². The number of benzene rings is 2. The topological polar surface area (TPSA) is 116 Å². The Morgan fingerprint density at radius 1 is 1.07 bits per heavy atom. The van der Waals surface area contributed by atoms with Gasteiger partial charge in [0.2, 0.25) is 10.0 Å². The molecule has 1 amide bonds. The molecular weight excluding hydrogens is 392 g/mol. The third-order valence-electron chi connectivity index (χ3n) is 4.43. The maximum Gasteiger partial charge on any atom is 0.338 e. The van der Waals surface area contributed by atoms with Gasteiger partial charge in [-0.1, -0.05) is 37.6 Å². The van der Waals surface area contributed by atoms with E-state index in [9.17, 15) is 18.0 Å². The van der Waals surface area contributed by atoms with E-state index in [1.54, 1.807) is 31.2 Å². The van der Waals surface area contributed by atoms with Crippen LogP contribution in [-0.2, 0) is 26.0 Å². The van der Waals surface area contributed by atoms with Crippen molar-refractivity contribution in [2.45, 2.75) is 44.0 Å². The van der Waals surface area contributed by atoms with Crippen LogP contribution < -0.4 is 10.5 Å². The summed E-state index contributed by atoms with van der Waals surface area (Å²) in [7, 11) is -3.77. The zero-order chi connectivity index (χ0) is 21.4. The Bertz CT molecular complexity index is 938. The number of aryl methyl sites for hydroxylation is 1. The van der Waals surface area contributed by atoms with Crippen molar-refractivity contribution < 1.29 is 22.7 Å². The van der Waals surface area contributed by atoms with Gasteiger partial charge in [-0.3, -0.25) is 4.79 Å². The standard InChI is InChI=1S/C21H26N2O5S/c1-3-4-5-16-6-8-18(9-7-16)21(25)28-14-20(24)23-15(2)17-10-12-19(13-11-17)29(22,26)27/h6-13,15H,3-5,14H2,1-2H3,(H,23,24)(H2,22,26,27). The molecule has 0 spiro atoms. The monoisotopic (exact) mass is 418 g/mol. The Labute approximate surface area is 171 Å². The van der Waals surface area contributed by atoms with E-state index in [1.165, 1.54) is 12.1 Å². The third-order valence-corrected chi connectivity index (χ3v) is 5.36. The van der Waals surface area contributed by atoms with Crippen LogP contribution in [0.25, 0.3) is 0 Å². The highest BCUT2D eigenvalue weighted by molar-refractivity contribution is 7.89. The number of ether oxygens (including phenoxy) is 1. The second-order valence-corrected chi connectivity index (χ2v) is 8.34. The lowest BCUT2D eigenvalue weighted by Gasteiger charge is -2.15. The van der Waals surface area contributed by atoms with Crippen LogP contribution in [0, 0.1) is 0 Å². The average molecular weight is 419 g/mol. The first-order chi connectivity index (χ1) is 13.7. The molecule has 2 rings (SSSR count). The van der Waals surface area contributed by atoms with E-state index in [-0.39, 0.29) is 4.90 Å². The molecule has 8 heteroatoms. The quantitative estimate of drug-likeness (QED) is 0.608. The van der Waals surface area contributed by atoms with Gasteiger partial charge >= 0.3 is 5.97 Å². The first-order valence-electron chi connectivity index (χ1n) is 9.39. The molecule has 0 saturated heterocycles. The third kappa shape index (κ3) is 6.99. The first kappa shape index (κ1) is 22.6. The zero-order valence-electron chi connectivity index (χ0n) is 16.6. The Kier molecular flexibility index (Phi) is 7.92. The largest absolute Gasteiger partial charge is 0.452 e. The summed E-state index contributed by atoms with van der Waals surface area (Å²) in [5.41, 5.74) is 2.24. The predicted molar refractivity (Wildman–Crippen MR) is 110 cm³/mol. The highest BCUT2D eigenvalue weighted by Crippen LogP contribution is 2.15. The van der Waals surface area contributed by atoms with E-state index in [2.05, 4.69) is 12.2 Å². The first-order valence-corrected chi connectivity index (χ1v) is 10.9. The van der Waals surface area contributed by atoms with Crippen molar-refractivity contribution in [1.29, 1.82) is 0 Å². The second kappa shape index (κ2) is 10.2. The number of amides is 1. The van der Waals surface area contributed by atoms with Gasteiger partial charge < -0.3 is 10.1 Å². The molecule has 0 saturated carbocycles.